The Morgan fingerprint density at radius 1 is 1.55 bits per heavy atom. The number of aromatic nitrogens is 2. The third-order valence-electron chi connectivity index (χ3n) is 4.01. The minimum atomic E-state index is -1.12. The molecule has 1 fully saturated rings. The van der Waals surface area contributed by atoms with E-state index in [-0.39, 0.29) is 23.0 Å². The van der Waals surface area contributed by atoms with Gasteiger partial charge in [0.15, 0.2) is 5.15 Å². The maximum absolute atomic E-state index is 11.2. The number of rotatable bonds is 4. The van der Waals surface area contributed by atoms with Crippen LogP contribution < -0.4 is 10.7 Å². The highest BCUT2D eigenvalue weighted by atomic mass is 35.5. The molecule has 1 saturated heterocycles. The van der Waals surface area contributed by atoms with Gasteiger partial charge in [0.05, 0.1) is 17.9 Å². The summed E-state index contributed by atoms with van der Waals surface area (Å²) in [5, 5.41) is 18.1. The first-order valence-corrected chi connectivity index (χ1v) is 7.77. The lowest BCUT2D eigenvalue weighted by atomic mass is 9.89. The van der Waals surface area contributed by atoms with E-state index in [2.05, 4.69) is 10.2 Å². The van der Waals surface area contributed by atoms with Gasteiger partial charge < -0.3 is 10.0 Å². The molecule has 1 amide bonds. The topological polar surface area (TPSA) is 95.6 Å². The third-order valence-corrected chi connectivity index (χ3v) is 4.74. The summed E-state index contributed by atoms with van der Waals surface area (Å²) in [6.07, 6.45) is 1.27. The van der Waals surface area contributed by atoms with Crippen LogP contribution in [0.3, 0.4) is 0 Å². The minimum Gasteiger partial charge on any atom is -0.464 e. The van der Waals surface area contributed by atoms with E-state index in [1.165, 1.54) is 0 Å². The van der Waals surface area contributed by atoms with Crippen LogP contribution >= 0.6 is 23.2 Å². The second-order valence-corrected chi connectivity index (χ2v) is 6.49. The number of hydrogen-bond acceptors (Lipinski definition) is 5. The van der Waals surface area contributed by atoms with Crippen molar-refractivity contribution in [3.8, 4) is 0 Å². The molecule has 0 aliphatic carbocycles. The SMILES string of the molecule is CC(C)[C@H](C1CCN(c2cnnc(Cl)c2Cl)C1)N(N)C(=O)O. The average Bonchev–Trinajstić information content (AvgIpc) is 2.90. The Hall–Kier alpha value is -1.31. The van der Waals surface area contributed by atoms with Crippen LogP contribution in [-0.4, -0.2) is 45.5 Å². The highest BCUT2D eigenvalue weighted by Crippen LogP contribution is 2.35. The number of amides is 1. The van der Waals surface area contributed by atoms with Crippen molar-refractivity contribution in [2.24, 2.45) is 17.7 Å². The van der Waals surface area contributed by atoms with E-state index in [0.29, 0.717) is 17.3 Å². The van der Waals surface area contributed by atoms with Crippen LogP contribution in [0, 0.1) is 11.8 Å². The lowest BCUT2D eigenvalue weighted by Crippen LogP contribution is -2.51. The first kappa shape index (κ1) is 17.1. The van der Waals surface area contributed by atoms with E-state index in [0.717, 1.165) is 18.0 Å². The number of nitrogens with two attached hydrogens (primary N) is 1. The first-order chi connectivity index (χ1) is 10.3. The van der Waals surface area contributed by atoms with Crippen LogP contribution in [0.2, 0.25) is 10.2 Å². The standard InChI is InChI=1S/C13H19Cl2N5O2/c1-7(2)11(20(16)13(21)22)8-3-4-19(6-8)9-5-17-18-12(15)10(9)14/h5,7-8,11H,3-4,6,16H2,1-2H3,(H,21,22)/t8?,11-/m1/s1. The van der Waals surface area contributed by atoms with Gasteiger partial charge in [-0.1, -0.05) is 37.0 Å². The van der Waals surface area contributed by atoms with E-state index in [9.17, 15) is 4.79 Å². The molecule has 122 valence electrons. The fourth-order valence-electron chi connectivity index (χ4n) is 3.07. The predicted octanol–water partition coefficient (Wildman–Crippen LogP) is 2.49. The van der Waals surface area contributed by atoms with Gasteiger partial charge in [-0.2, -0.15) is 5.10 Å². The average molecular weight is 348 g/mol. The van der Waals surface area contributed by atoms with Crippen molar-refractivity contribution < 1.29 is 9.90 Å². The highest BCUT2D eigenvalue weighted by molar-refractivity contribution is 6.42. The van der Waals surface area contributed by atoms with Gasteiger partial charge >= 0.3 is 6.09 Å². The maximum Gasteiger partial charge on any atom is 0.421 e. The highest BCUT2D eigenvalue weighted by Gasteiger charge is 2.37. The molecule has 0 saturated carbocycles. The van der Waals surface area contributed by atoms with Gasteiger partial charge in [0.2, 0.25) is 0 Å². The van der Waals surface area contributed by atoms with Gasteiger partial charge in [-0.05, 0) is 12.3 Å². The minimum absolute atomic E-state index is 0.112. The molecular weight excluding hydrogens is 329 g/mol. The van der Waals surface area contributed by atoms with E-state index < -0.39 is 6.09 Å². The summed E-state index contributed by atoms with van der Waals surface area (Å²) in [4.78, 5) is 13.2. The van der Waals surface area contributed by atoms with Crippen molar-refractivity contribution in [1.82, 2.24) is 15.2 Å². The molecule has 0 aromatic carbocycles. The van der Waals surface area contributed by atoms with Crippen molar-refractivity contribution in [3.05, 3.63) is 16.4 Å². The number of nitrogens with zero attached hydrogens (tertiary/aromatic N) is 4. The zero-order chi connectivity index (χ0) is 16.4. The Kier molecular flexibility index (Phi) is 5.31. The van der Waals surface area contributed by atoms with E-state index in [1.54, 1.807) is 6.20 Å². The Morgan fingerprint density at radius 2 is 2.23 bits per heavy atom. The van der Waals surface area contributed by atoms with Crippen molar-refractivity contribution in [2.45, 2.75) is 26.3 Å². The zero-order valence-corrected chi connectivity index (χ0v) is 13.9. The van der Waals surface area contributed by atoms with Crippen molar-refractivity contribution >= 4 is 35.0 Å². The molecule has 9 heteroatoms. The van der Waals surface area contributed by atoms with E-state index in [1.807, 2.05) is 18.7 Å². The van der Waals surface area contributed by atoms with Crippen LogP contribution in [0.5, 0.6) is 0 Å². The molecule has 1 aliphatic rings. The summed E-state index contributed by atoms with van der Waals surface area (Å²) in [6.45, 7) is 5.32. The summed E-state index contributed by atoms with van der Waals surface area (Å²) in [5.74, 6) is 5.95. The molecule has 1 unspecified atom stereocenters. The fourth-order valence-corrected chi connectivity index (χ4v) is 3.41. The van der Waals surface area contributed by atoms with Gasteiger partial charge in [-0.25, -0.2) is 15.6 Å². The second kappa shape index (κ2) is 6.85. The smallest absolute Gasteiger partial charge is 0.421 e. The number of hydrazine groups is 1. The van der Waals surface area contributed by atoms with E-state index in [4.69, 9.17) is 34.2 Å². The van der Waals surface area contributed by atoms with Crippen LogP contribution in [-0.2, 0) is 0 Å². The summed E-state index contributed by atoms with van der Waals surface area (Å²) >= 11 is 12.1. The zero-order valence-electron chi connectivity index (χ0n) is 12.4. The summed E-state index contributed by atoms with van der Waals surface area (Å²) in [6, 6.07) is -0.258. The molecule has 2 heterocycles. The Bertz CT molecular complexity index is 557. The molecule has 22 heavy (non-hydrogen) atoms. The summed E-state index contributed by atoms with van der Waals surface area (Å²) in [5.41, 5.74) is 0.713. The number of hydrogen-bond donors (Lipinski definition) is 2. The number of halogens is 2. The molecule has 7 nitrogen and oxygen atoms in total. The number of anilines is 1. The molecule has 2 atom stereocenters. The molecule has 0 spiro atoms. The monoisotopic (exact) mass is 347 g/mol. The number of carboxylic acid groups (broad SMARTS) is 1. The first-order valence-electron chi connectivity index (χ1n) is 7.01. The second-order valence-electron chi connectivity index (χ2n) is 5.75. The molecule has 2 rings (SSSR count). The summed E-state index contributed by atoms with van der Waals surface area (Å²) < 4.78 is 0. The Morgan fingerprint density at radius 3 is 2.82 bits per heavy atom. The van der Waals surface area contributed by atoms with Gasteiger partial charge in [-0.3, -0.25) is 0 Å². The Balaban J connectivity index is 2.17. The molecule has 1 aliphatic heterocycles. The molecule has 0 radical (unpaired) electrons. The lowest BCUT2D eigenvalue weighted by Gasteiger charge is -2.33. The van der Waals surface area contributed by atoms with Crippen molar-refractivity contribution in [3.63, 3.8) is 0 Å². The molecular formula is C13H19Cl2N5O2. The molecule has 3 N–H and O–H groups in total. The van der Waals surface area contributed by atoms with Crippen LogP contribution in [0.1, 0.15) is 20.3 Å². The normalized spacial score (nSPS) is 19.5. The van der Waals surface area contributed by atoms with Gasteiger partial charge in [0.1, 0.15) is 5.02 Å². The van der Waals surface area contributed by atoms with Crippen molar-refractivity contribution in [1.29, 1.82) is 0 Å². The molecule has 1 aromatic rings. The molecule has 0 bridgehead atoms. The predicted molar refractivity (Wildman–Crippen MR) is 85.0 cm³/mol. The lowest BCUT2D eigenvalue weighted by molar-refractivity contribution is 0.0878. The van der Waals surface area contributed by atoms with E-state index >= 15 is 0 Å². The third kappa shape index (κ3) is 3.37. The molecule has 1 aromatic heterocycles. The maximum atomic E-state index is 11.2. The van der Waals surface area contributed by atoms with Gasteiger partial charge in [0, 0.05) is 19.0 Å². The quantitative estimate of drug-likeness (QED) is 0.493. The van der Waals surface area contributed by atoms with Crippen LogP contribution in [0.15, 0.2) is 6.20 Å². The van der Waals surface area contributed by atoms with Crippen LogP contribution in [0.25, 0.3) is 0 Å². The fraction of sp³-hybridized carbons (Fsp3) is 0.615. The Labute approximate surface area is 139 Å². The van der Waals surface area contributed by atoms with Crippen molar-refractivity contribution in [2.75, 3.05) is 18.0 Å². The largest absolute Gasteiger partial charge is 0.464 e. The number of carbonyl (C=O) groups is 1. The van der Waals surface area contributed by atoms with Gasteiger partial charge in [-0.15, -0.1) is 5.10 Å². The van der Waals surface area contributed by atoms with Gasteiger partial charge in [0.25, 0.3) is 0 Å². The van der Waals surface area contributed by atoms with Crippen LogP contribution in [0.4, 0.5) is 10.5 Å². The summed E-state index contributed by atoms with van der Waals surface area (Å²) in [7, 11) is 0.